The molecule has 3 rings (SSSR count). The number of aromatic nitrogens is 2. The van der Waals surface area contributed by atoms with Crippen molar-refractivity contribution in [2.24, 2.45) is 0 Å². The van der Waals surface area contributed by atoms with Crippen molar-refractivity contribution in [3.63, 3.8) is 0 Å². The van der Waals surface area contributed by atoms with Crippen LogP contribution in [0, 0.1) is 0 Å². The first kappa shape index (κ1) is 19.8. The summed E-state index contributed by atoms with van der Waals surface area (Å²) < 4.78 is 64.8. The van der Waals surface area contributed by atoms with E-state index >= 15 is 0 Å². The summed E-state index contributed by atoms with van der Waals surface area (Å²) in [5, 5.41) is 0.198. The maximum absolute atomic E-state index is 12.7. The van der Waals surface area contributed by atoms with Gasteiger partial charge in [0.15, 0.2) is 0 Å². The molecule has 0 N–H and O–H groups in total. The molecule has 0 radical (unpaired) electrons. The molecular weight excluding hydrogens is 405 g/mol. The summed E-state index contributed by atoms with van der Waals surface area (Å²) in [5.74, 6) is 0.385. The molecule has 0 aromatic carbocycles. The van der Waals surface area contributed by atoms with Gasteiger partial charge in [0.1, 0.15) is 15.9 Å². The summed E-state index contributed by atoms with van der Waals surface area (Å²) >= 11 is 5.70. The molecule has 3 heterocycles. The largest absolute Gasteiger partial charge is 0.417 e. The number of nitrogens with zero attached hydrogens (tertiary/aromatic N) is 4. The lowest BCUT2D eigenvalue weighted by Crippen LogP contribution is -2.35. The summed E-state index contributed by atoms with van der Waals surface area (Å²) in [6.07, 6.45) is -1.93. The minimum atomic E-state index is -4.44. The summed E-state index contributed by atoms with van der Waals surface area (Å²) in [5.41, 5.74) is -0.819. The summed E-state index contributed by atoms with van der Waals surface area (Å²) in [7, 11) is -3.72. The number of rotatable bonds is 3. The van der Waals surface area contributed by atoms with E-state index in [1.165, 1.54) is 28.7 Å². The Bertz CT molecular complexity index is 889. The van der Waals surface area contributed by atoms with Gasteiger partial charge in [0.05, 0.1) is 5.56 Å². The quantitative estimate of drug-likeness (QED) is 0.714. The Hall–Kier alpha value is -1.91. The lowest BCUT2D eigenvalue weighted by atomic mass is 10.2. The van der Waals surface area contributed by atoms with Gasteiger partial charge in [-0.1, -0.05) is 11.6 Å². The third kappa shape index (κ3) is 4.50. The summed E-state index contributed by atoms with van der Waals surface area (Å²) in [6.45, 7) is 1.29. The van der Waals surface area contributed by atoms with E-state index in [9.17, 15) is 21.6 Å². The predicted molar refractivity (Wildman–Crippen MR) is 94.1 cm³/mol. The number of halogens is 4. The molecule has 0 spiro atoms. The van der Waals surface area contributed by atoms with E-state index in [0.29, 0.717) is 31.9 Å². The van der Waals surface area contributed by atoms with Crippen LogP contribution in [0.3, 0.4) is 0 Å². The monoisotopic (exact) mass is 420 g/mol. The van der Waals surface area contributed by atoms with Crippen LogP contribution in [0.1, 0.15) is 12.0 Å². The van der Waals surface area contributed by atoms with Crippen LogP contribution < -0.4 is 4.90 Å². The van der Waals surface area contributed by atoms with Gasteiger partial charge in [0, 0.05) is 38.6 Å². The van der Waals surface area contributed by atoms with Crippen molar-refractivity contribution < 1.29 is 21.6 Å². The van der Waals surface area contributed by atoms with Crippen molar-refractivity contribution in [2.45, 2.75) is 17.5 Å². The van der Waals surface area contributed by atoms with Crippen molar-refractivity contribution in [3.05, 3.63) is 47.4 Å². The first-order valence-electron chi connectivity index (χ1n) is 8.08. The normalized spacial score (nSPS) is 17.0. The third-order valence-corrected chi connectivity index (χ3v) is 6.30. The molecule has 1 aliphatic rings. The molecule has 0 saturated carbocycles. The fourth-order valence-corrected chi connectivity index (χ4v) is 4.30. The molecule has 27 heavy (non-hydrogen) atoms. The lowest BCUT2D eigenvalue weighted by molar-refractivity contribution is -0.137. The number of pyridine rings is 2. The van der Waals surface area contributed by atoms with Gasteiger partial charge in [0.2, 0.25) is 10.0 Å². The number of sulfonamides is 1. The van der Waals surface area contributed by atoms with Gasteiger partial charge in [-0.2, -0.15) is 17.5 Å². The van der Waals surface area contributed by atoms with Crippen LogP contribution in [-0.4, -0.2) is 48.9 Å². The van der Waals surface area contributed by atoms with Gasteiger partial charge in [0.25, 0.3) is 0 Å². The van der Waals surface area contributed by atoms with Crippen LogP contribution in [0.4, 0.5) is 19.0 Å². The maximum atomic E-state index is 12.7. The molecule has 11 heteroatoms. The van der Waals surface area contributed by atoms with E-state index < -0.39 is 21.8 Å². The second-order valence-corrected chi connectivity index (χ2v) is 8.29. The summed E-state index contributed by atoms with van der Waals surface area (Å²) in [4.78, 5) is 9.50. The first-order chi connectivity index (χ1) is 12.7. The molecule has 2 aromatic heterocycles. The number of alkyl halides is 3. The van der Waals surface area contributed by atoms with Crippen LogP contribution in [0.15, 0.2) is 41.6 Å². The molecule has 0 amide bonds. The highest BCUT2D eigenvalue weighted by molar-refractivity contribution is 7.89. The van der Waals surface area contributed by atoms with Gasteiger partial charge in [-0.15, -0.1) is 0 Å². The highest BCUT2D eigenvalue weighted by Gasteiger charge is 2.31. The van der Waals surface area contributed by atoms with Gasteiger partial charge in [-0.05, 0) is 30.7 Å². The van der Waals surface area contributed by atoms with Crippen molar-refractivity contribution in [3.8, 4) is 0 Å². The second kappa shape index (κ2) is 7.61. The Kier molecular flexibility index (Phi) is 5.59. The zero-order valence-electron chi connectivity index (χ0n) is 14.0. The number of hydrogen-bond donors (Lipinski definition) is 0. The van der Waals surface area contributed by atoms with Crippen LogP contribution in [0.5, 0.6) is 0 Å². The average molecular weight is 421 g/mol. The highest BCUT2D eigenvalue weighted by atomic mass is 35.5. The molecule has 0 atom stereocenters. The van der Waals surface area contributed by atoms with Crippen molar-refractivity contribution in [2.75, 3.05) is 31.1 Å². The molecule has 146 valence electrons. The standard InChI is InChI=1S/C16H16ClF3N4O2S/c17-14-4-3-13(11-21-14)27(25,26)24-7-1-6-23(8-9-24)15-5-2-12(10-22-15)16(18,19)20/h2-5,10-11H,1,6-9H2. The molecule has 2 aromatic rings. The van der Waals surface area contributed by atoms with Crippen LogP contribution >= 0.6 is 11.6 Å². The zero-order chi connectivity index (χ0) is 19.7. The Morgan fingerprint density at radius 1 is 0.963 bits per heavy atom. The van der Waals surface area contributed by atoms with E-state index in [4.69, 9.17) is 11.6 Å². The van der Waals surface area contributed by atoms with E-state index in [1.54, 1.807) is 4.90 Å². The molecule has 0 aliphatic carbocycles. The molecule has 1 aliphatic heterocycles. The first-order valence-corrected chi connectivity index (χ1v) is 9.89. The second-order valence-electron chi connectivity index (χ2n) is 5.96. The topological polar surface area (TPSA) is 66.4 Å². The van der Waals surface area contributed by atoms with E-state index in [0.717, 1.165) is 12.3 Å². The Morgan fingerprint density at radius 2 is 1.74 bits per heavy atom. The van der Waals surface area contributed by atoms with E-state index in [1.807, 2.05) is 0 Å². The van der Waals surface area contributed by atoms with Crippen LogP contribution in [0.2, 0.25) is 5.15 Å². The SMILES string of the molecule is O=S(=O)(c1ccc(Cl)nc1)N1CCCN(c2ccc(C(F)(F)F)cn2)CC1. The van der Waals surface area contributed by atoms with Gasteiger partial charge in [-0.3, -0.25) is 0 Å². The fourth-order valence-electron chi connectivity index (χ4n) is 2.77. The van der Waals surface area contributed by atoms with Crippen molar-refractivity contribution in [1.29, 1.82) is 0 Å². The average Bonchev–Trinajstić information content (AvgIpc) is 2.88. The number of hydrogen-bond acceptors (Lipinski definition) is 5. The Labute approximate surface area is 159 Å². The molecular formula is C16H16ClF3N4O2S. The smallest absolute Gasteiger partial charge is 0.355 e. The number of anilines is 1. The molecule has 1 fully saturated rings. The van der Waals surface area contributed by atoms with Crippen LogP contribution in [-0.2, 0) is 16.2 Å². The van der Waals surface area contributed by atoms with Crippen molar-refractivity contribution in [1.82, 2.24) is 14.3 Å². The minimum absolute atomic E-state index is 0.0491. The highest BCUT2D eigenvalue weighted by Crippen LogP contribution is 2.29. The van der Waals surface area contributed by atoms with Crippen LogP contribution in [0.25, 0.3) is 0 Å². The maximum Gasteiger partial charge on any atom is 0.417 e. The Balaban J connectivity index is 1.73. The molecule has 6 nitrogen and oxygen atoms in total. The van der Waals surface area contributed by atoms with Crippen molar-refractivity contribution >= 4 is 27.4 Å². The van der Waals surface area contributed by atoms with Gasteiger partial charge in [-0.25, -0.2) is 18.4 Å². The summed E-state index contributed by atoms with van der Waals surface area (Å²) in [6, 6.07) is 5.08. The molecule has 0 bridgehead atoms. The predicted octanol–water partition coefficient (Wildman–Crippen LogP) is 3.05. The lowest BCUT2D eigenvalue weighted by Gasteiger charge is -2.23. The minimum Gasteiger partial charge on any atom is -0.355 e. The molecule has 1 saturated heterocycles. The zero-order valence-corrected chi connectivity index (χ0v) is 15.6. The third-order valence-electron chi connectivity index (χ3n) is 4.19. The fraction of sp³-hybridized carbons (Fsp3) is 0.375. The van der Waals surface area contributed by atoms with Gasteiger partial charge < -0.3 is 4.90 Å². The molecule has 0 unspecified atom stereocenters. The van der Waals surface area contributed by atoms with E-state index in [2.05, 4.69) is 9.97 Å². The Morgan fingerprint density at radius 3 is 2.33 bits per heavy atom. The van der Waals surface area contributed by atoms with E-state index in [-0.39, 0.29) is 16.6 Å². The van der Waals surface area contributed by atoms with Gasteiger partial charge >= 0.3 is 6.18 Å².